The van der Waals surface area contributed by atoms with Crippen molar-refractivity contribution in [1.29, 1.82) is 5.26 Å². The third-order valence-electron chi connectivity index (χ3n) is 8.71. The standard InChI is InChI=1S/C31H36N4O2/c1-4-21-16-26-28(17-25(21)22-7-11-34(12-8-22)23-9-13-37-14-10-23)35(19(2)3)31-29(26)30(36)24-6-5-20(18-32)15-27(24)33-31/h5-6,15-17,19,22-23H,4,7-14H2,1-3H3,(H,33,36). The first kappa shape index (κ1) is 24.2. The lowest BCUT2D eigenvalue weighted by atomic mass is 9.84. The third-order valence-corrected chi connectivity index (χ3v) is 8.71. The Hall–Kier alpha value is -3.14. The lowest BCUT2D eigenvalue weighted by Crippen LogP contribution is -2.43. The highest BCUT2D eigenvalue weighted by Gasteiger charge is 2.29. The van der Waals surface area contributed by atoms with Crippen LogP contribution in [0.3, 0.4) is 0 Å². The molecule has 0 bridgehead atoms. The summed E-state index contributed by atoms with van der Waals surface area (Å²) < 4.78 is 7.87. The molecule has 4 heterocycles. The van der Waals surface area contributed by atoms with Crippen molar-refractivity contribution in [2.24, 2.45) is 0 Å². The minimum Gasteiger partial charge on any atom is -0.381 e. The highest BCUT2D eigenvalue weighted by Crippen LogP contribution is 2.38. The van der Waals surface area contributed by atoms with Gasteiger partial charge in [0.15, 0.2) is 5.43 Å². The van der Waals surface area contributed by atoms with Crippen LogP contribution in [0, 0.1) is 11.3 Å². The molecule has 37 heavy (non-hydrogen) atoms. The smallest absolute Gasteiger partial charge is 0.199 e. The van der Waals surface area contributed by atoms with Crippen LogP contribution in [0.5, 0.6) is 0 Å². The molecule has 2 aliphatic heterocycles. The van der Waals surface area contributed by atoms with Crippen molar-refractivity contribution in [3.8, 4) is 6.07 Å². The molecule has 6 nitrogen and oxygen atoms in total. The molecule has 0 saturated carbocycles. The fourth-order valence-corrected chi connectivity index (χ4v) is 6.80. The van der Waals surface area contributed by atoms with Crippen LogP contribution in [-0.2, 0) is 11.2 Å². The summed E-state index contributed by atoms with van der Waals surface area (Å²) in [7, 11) is 0. The number of H-pyrrole nitrogens is 1. The first-order valence-electron chi connectivity index (χ1n) is 13.9. The predicted molar refractivity (Wildman–Crippen MR) is 149 cm³/mol. The van der Waals surface area contributed by atoms with E-state index in [1.54, 1.807) is 18.2 Å². The number of piperidine rings is 1. The van der Waals surface area contributed by atoms with Gasteiger partial charge >= 0.3 is 0 Å². The van der Waals surface area contributed by atoms with Crippen molar-refractivity contribution < 1.29 is 4.74 Å². The lowest BCUT2D eigenvalue weighted by Gasteiger charge is -2.39. The number of fused-ring (bicyclic) bond motifs is 4. The van der Waals surface area contributed by atoms with Gasteiger partial charge in [-0.05, 0) is 106 Å². The molecule has 0 spiro atoms. The Morgan fingerprint density at radius 3 is 2.51 bits per heavy atom. The van der Waals surface area contributed by atoms with Gasteiger partial charge in [0.05, 0.1) is 28.1 Å². The second-order valence-electron chi connectivity index (χ2n) is 11.1. The van der Waals surface area contributed by atoms with Crippen LogP contribution < -0.4 is 5.43 Å². The van der Waals surface area contributed by atoms with Crippen LogP contribution in [0.2, 0.25) is 0 Å². The predicted octanol–water partition coefficient (Wildman–Crippen LogP) is 6.01. The molecule has 192 valence electrons. The van der Waals surface area contributed by atoms with Gasteiger partial charge in [0.1, 0.15) is 5.65 Å². The average molecular weight is 497 g/mol. The Morgan fingerprint density at radius 1 is 1.08 bits per heavy atom. The Bertz CT molecular complexity index is 1570. The van der Waals surface area contributed by atoms with Crippen LogP contribution >= 0.6 is 0 Å². The molecule has 2 aliphatic rings. The first-order valence-corrected chi connectivity index (χ1v) is 13.9. The molecule has 0 aliphatic carbocycles. The molecule has 0 atom stereocenters. The average Bonchev–Trinajstić information content (AvgIpc) is 3.26. The molecular formula is C31H36N4O2. The molecule has 0 amide bonds. The third kappa shape index (κ3) is 4.05. The van der Waals surface area contributed by atoms with E-state index in [9.17, 15) is 10.1 Å². The minimum atomic E-state index is 0.0391. The number of benzene rings is 2. The van der Waals surface area contributed by atoms with Crippen LogP contribution in [0.25, 0.3) is 32.8 Å². The number of likely N-dealkylation sites (tertiary alicyclic amines) is 1. The van der Waals surface area contributed by atoms with Crippen LogP contribution in [0.4, 0.5) is 0 Å². The number of hydrogen-bond donors (Lipinski definition) is 1. The number of nitriles is 1. The van der Waals surface area contributed by atoms with Gasteiger partial charge in [0.2, 0.25) is 0 Å². The normalized spacial score (nSPS) is 18.4. The van der Waals surface area contributed by atoms with Gasteiger partial charge in [-0.1, -0.05) is 6.92 Å². The number of nitrogens with one attached hydrogen (secondary N) is 1. The van der Waals surface area contributed by atoms with Crippen LogP contribution in [0.1, 0.15) is 75.1 Å². The van der Waals surface area contributed by atoms with Crippen molar-refractivity contribution in [3.05, 3.63) is 57.2 Å². The van der Waals surface area contributed by atoms with Gasteiger partial charge in [0.25, 0.3) is 0 Å². The SMILES string of the molecule is CCc1cc2c3c(=O)c4ccc(C#N)cc4[nH]c3n(C(C)C)c2cc1C1CCN(C2CCOCC2)CC1. The van der Waals surface area contributed by atoms with E-state index in [1.807, 2.05) is 0 Å². The number of aryl methyl sites for hydroxylation is 1. The first-order chi connectivity index (χ1) is 18.0. The zero-order valence-electron chi connectivity index (χ0n) is 22.1. The number of aromatic amines is 1. The van der Waals surface area contributed by atoms with Gasteiger partial charge in [-0.15, -0.1) is 0 Å². The second kappa shape index (κ2) is 9.63. The fraction of sp³-hybridized carbons (Fsp3) is 0.484. The number of hydrogen-bond acceptors (Lipinski definition) is 4. The number of pyridine rings is 1. The lowest BCUT2D eigenvalue weighted by molar-refractivity contribution is 0.0251. The Labute approximate surface area is 217 Å². The summed E-state index contributed by atoms with van der Waals surface area (Å²) in [6.07, 6.45) is 5.62. The van der Waals surface area contributed by atoms with E-state index < -0.39 is 0 Å². The maximum atomic E-state index is 13.8. The van der Waals surface area contributed by atoms with Gasteiger partial charge in [-0.2, -0.15) is 5.26 Å². The Kier molecular flexibility index (Phi) is 6.30. The number of aromatic nitrogens is 2. The van der Waals surface area contributed by atoms with E-state index in [0.717, 1.165) is 73.0 Å². The van der Waals surface area contributed by atoms with Gasteiger partial charge in [-0.3, -0.25) is 4.79 Å². The molecular weight excluding hydrogens is 460 g/mol. The zero-order valence-corrected chi connectivity index (χ0v) is 22.1. The van der Waals surface area contributed by atoms with E-state index >= 15 is 0 Å². The summed E-state index contributed by atoms with van der Waals surface area (Å²) >= 11 is 0. The molecule has 2 aromatic heterocycles. The Balaban J connectivity index is 1.47. The van der Waals surface area contributed by atoms with Crippen molar-refractivity contribution in [2.75, 3.05) is 26.3 Å². The van der Waals surface area contributed by atoms with Crippen molar-refractivity contribution in [3.63, 3.8) is 0 Å². The number of ether oxygens (including phenoxy) is 1. The molecule has 2 saturated heterocycles. The second-order valence-corrected chi connectivity index (χ2v) is 11.1. The summed E-state index contributed by atoms with van der Waals surface area (Å²) in [6, 6.07) is 13.0. The maximum absolute atomic E-state index is 13.8. The molecule has 2 aromatic carbocycles. The van der Waals surface area contributed by atoms with Gasteiger partial charge < -0.3 is 19.2 Å². The molecule has 1 N–H and O–H groups in total. The van der Waals surface area contributed by atoms with E-state index in [0.29, 0.717) is 22.9 Å². The van der Waals surface area contributed by atoms with Gasteiger partial charge in [0, 0.05) is 36.1 Å². The van der Waals surface area contributed by atoms with E-state index in [4.69, 9.17) is 4.74 Å². The molecule has 2 fully saturated rings. The van der Waals surface area contributed by atoms with Gasteiger partial charge in [-0.25, -0.2) is 0 Å². The zero-order chi connectivity index (χ0) is 25.7. The van der Waals surface area contributed by atoms with E-state index in [-0.39, 0.29) is 11.5 Å². The molecule has 0 unspecified atom stereocenters. The quantitative estimate of drug-likeness (QED) is 0.376. The summed E-state index contributed by atoms with van der Waals surface area (Å²) in [5.74, 6) is 0.544. The van der Waals surface area contributed by atoms with E-state index in [2.05, 4.69) is 53.4 Å². The summed E-state index contributed by atoms with van der Waals surface area (Å²) in [6.45, 7) is 10.7. The molecule has 6 heteroatoms. The minimum absolute atomic E-state index is 0.0391. The molecule has 4 aromatic rings. The highest BCUT2D eigenvalue weighted by molar-refractivity contribution is 6.10. The van der Waals surface area contributed by atoms with E-state index in [1.165, 1.54) is 24.0 Å². The van der Waals surface area contributed by atoms with Crippen LogP contribution in [0.15, 0.2) is 35.1 Å². The number of rotatable bonds is 4. The summed E-state index contributed by atoms with van der Waals surface area (Å²) in [5, 5.41) is 11.8. The summed E-state index contributed by atoms with van der Waals surface area (Å²) in [4.78, 5) is 20.0. The fourth-order valence-electron chi connectivity index (χ4n) is 6.80. The van der Waals surface area contributed by atoms with Crippen molar-refractivity contribution >= 4 is 32.8 Å². The van der Waals surface area contributed by atoms with Crippen molar-refractivity contribution in [1.82, 2.24) is 14.5 Å². The maximum Gasteiger partial charge on any atom is 0.199 e. The van der Waals surface area contributed by atoms with Crippen LogP contribution in [-0.4, -0.2) is 46.8 Å². The largest absolute Gasteiger partial charge is 0.381 e. The Morgan fingerprint density at radius 2 is 1.84 bits per heavy atom. The highest BCUT2D eigenvalue weighted by atomic mass is 16.5. The molecule has 6 rings (SSSR count). The number of nitrogens with zero attached hydrogens (tertiary/aromatic N) is 3. The topological polar surface area (TPSA) is 74.0 Å². The van der Waals surface area contributed by atoms with Crippen molar-refractivity contribution in [2.45, 2.75) is 70.9 Å². The monoisotopic (exact) mass is 496 g/mol. The summed E-state index contributed by atoms with van der Waals surface area (Å²) in [5.41, 5.74) is 6.11. The molecule has 0 radical (unpaired) electrons.